The Bertz CT molecular complexity index is 893. The number of allylic oxidation sites excluding steroid dienone is 12. The summed E-state index contributed by atoms with van der Waals surface area (Å²) >= 11 is 5.08. The molecule has 0 aliphatic heterocycles. The van der Waals surface area contributed by atoms with Gasteiger partial charge in [-0.3, -0.25) is 0 Å². The molecule has 0 saturated heterocycles. The van der Waals surface area contributed by atoms with Crippen LogP contribution in [0.25, 0.3) is 6.08 Å². The third-order valence-corrected chi connectivity index (χ3v) is 6.21. The molecule has 37 heavy (non-hydrogen) atoms. The van der Waals surface area contributed by atoms with Gasteiger partial charge in [-0.1, -0.05) is 111 Å². The van der Waals surface area contributed by atoms with Crippen LogP contribution in [-0.2, 0) is 0 Å². The molecule has 0 saturated carbocycles. The third-order valence-electron chi connectivity index (χ3n) is 5.95. The molecule has 0 aliphatic carbocycles. The number of unbranched alkanes of at least 4 members (excludes halogenated alkanes) is 2. The minimum atomic E-state index is 0.550. The standard InChI is InChI=1S/C34H50N2S/c1-3-5-6-7-8-9-10-11-12-13-14-15-16-17-18-19-21-29-35-30-22-20-24-32(4-2)25-23-26-33-27-28-34(37)36-31-33/h4-6,8-9,11-12,14-15,17-18,23,26-28,31-32,35H,2-3,7,10,13,16,19-22,24-25,29-30H2,1H3,(H,36,37)/b6-5-,9-8-,12-11-,15-14-,18-17-,26-23+. The molecule has 0 spiro atoms. The molecule has 0 aromatic carbocycles. The van der Waals surface area contributed by atoms with Crippen molar-refractivity contribution in [2.75, 3.05) is 13.1 Å². The summed E-state index contributed by atoms with van der Waals surface area (Å²) in [6.07, 6.45) is 43.3. The summed E-state index contributed by atoms with van der Waals surface area (Å²) in [6.45, 7) is 8.39. The first-order valence-electron chi connectivity index (χ1n) is 14.2. The Balaban J connectivity index is 1.93. The number of aromatic nitrogens is 1. The minimum absolute atomic E-state index is 0.550. The van der Waals surface area contributed by atoms with Gasteiger partial charge in [-0.25, -0.2) is 0 Å². The number of hydrogen-bond acceptors (Lipinski definition) is 2. The molecule has 1 unspecified atom stereocenters. The third kappa shape index (κ3) is 21.3. The summed E-state index contributed by atoms with van der Waals surface area (Å²) in [7, 11) is 0. The van der Waals surface area contributed by atoms with Gasteiger partial charge in [-0.2, -0.15) is 0 Å². The molecule has 2 nitrogen and oxygen atoms in total. The van der Waals surface area contributed by atoms with Gasteiger partial charge in [0, 0.05) is 6.20 Å². The summed E-state index contributed by atoms with van der Waals surface area (Å²) in [6, 6.07) is 3.97. The zero-order valence-electron chi connectivity index (χ0n) is 23.1. The lowest BCUT2D eigenvalue weighted by Crippen LogP contribution is -2.16. The molecule has 0 amide bonds. The van der Waals surface area contributed by atoms with E-state index < -0.39 is 0 Å². The van der Waals surface area contributed by atoms with E-state index in [2.05, 4.69) is 103 Å². The van der Waals surface area contributed by atoms with Crippen molar-refractivity contribution in [3.8, 4) is 0 Å². The Hall–Kier alpha value is -2.49. The predicted molar refractivity (Wildman–Crippen MR) is 169 cm³/mol. The molecule has 1 aromatic heterocycles. The molecule has 1 aromatic rings. The smallest absolute Gasteiger partial charge is 0.103 e. The van der Waals surface area contributed by atoms with Crippen molar-refractivity contribution in [3.05, 3.63) is 108 Å². The fourth-order valence-corrected chi connectivity index (χ4v) is 3.86. The molecule has 1 atom stereocenters. The summed E-state index contributed by atoms with van der Waals surface area (Å²) in [5.41, 5.74) is 1.16. The largest absolute Gasteiger partial charge is 0.352 e. The molecule has 0 bridgehead atoms. The van der Waals surface area contributed by atoms with Gasteiger partial charge < -0.3 is 10.3 Å². The van der Waals surface area contributed by atoms with E-state index in [1.165, 1.54) is 25.7 Å². The summed E-state index contributed by atoms with van der Waals surface area (Å²) < 4.78 is 0.768. The van der Waals surface area contributed by atoms with Crippen molar-refractivity contribution >= 4 is 18.3 Å². The average Bonchev–Trinajstić information content (AvgIpc) is 2.91. The molecule has 3 heteroatoms. The number of rotatable bonds is 22. The van der Waals surface area contributed by atoms with Crippen molar-refractivity contribution in [2.45, 2.75) is 77.6 Å². The number of aromatic amines is 1. The van der Waals surface area contributed by atoms with Crippen molar-refractivity contribution < 1.29 is 0 Å². The lowest BCUT2D eigenvalue weighted by atomic mass is 9.98. The lowest BCUT2D eigenvalue weighted by Gasteiger charge is -2.10. The molecule has 0 radical (unpaired) electrons. The van der Waals surface area contributed by atoms with Crippen LogP contribution in [0.3, 0.4) is 0 Å². The van der Waals surface area contributed by atoms with E-state index in [9.17, 15) is 0 Å². The van der Waals surface area contributed by atoms with Crippen molar-refractivity contribution in [2.24, 2.45) is 5.92 Å². The molecule has 1 rings (SSSR count). The first kappa shape index (κ1) is 32.5. The normalized spacial score (nSPS) is 13.4. The van der Waals surface area contributed by atoms with Gasteiger partial charge >= 0.3 is 0 Å². The van der Waals surface area contributed by atoms with Crippen LogP contribution in [0.1, 0.15) is 83.1 Å². The first-order chi connectivity index (χ1) is 18.3. The Labute approximate surface area is 232 Å². The number of nitrogens with one attached hydrogen (secondary N) is 2. The lowest BCUT2D eigenvalue weighted by molar-refractivity contribution is 0.528. The van der Waals surface area contributed by atoms with Crippen molar-refractivity contribution in [3.63, 3.8) is 0 Å². The van der Waals surface area contributed by atoms with E-state index >= 15 is 0 Å². The van der Waals surface area contributed by atoms with E-state index in [0.29, 0.717) is 5.92 Å². The Morgan fingerprint density at radius 1 is 0.811 bits per heavy atom. The Morgan fingerprint density at radius 3 is 2.03 bits per heavy atom. The van der Waals surface area contributed by atoms with Gasteiger partial charge in [-0.15, -0.1) is 6.58 Å². The van der Waals surface area contributed by atoms with Crippen LogP contribution >= 0.6 is 12.2 Å². The minimum Gasteiger partial charge on any atom is -0.352 e. The maximum absolute atomic E-state index is 5.08. The van der Waals surface area contributed by atoms with E-state index in [4.69, 9.17) is 12.2 Å². The second-order valence-electron chi connectivity index (χ2n) is 9.22. The highest BCUT2D eigenvalue weighted by atomic mass is 32.1. The van der Waals surface area contributed by atoms with Gasteiger partial charge in [0.1, 0.15) is 4.64 Å². The topological polar surface area (TPSA) is 27.8 Å². The number of hydrogen-bond donors (Lipinski definition) is 2. The van der Waals surface area contributed by atoms with Gasteiger partial charge in [0.25, 0.3) is 0 Å². The average molecular weight is 519 g/mol. The molecule has 202 valence electrons. The van der Waals surface area contributed by atoms with Crippen LogP contribution in [-0.4, -0.2) is 18.1 Å². The molecule has 2 N–H and O–H groups in total. The highest BCUT2D eigenvalue weighted by Gasteiger charge is 2.01. The SMILES string of the molecule is C=CC(C/C=C/c1ccc(=S)[nH]c1)CCCCNCCC/C=C\C/C=C\C/C=C\C/C=C\C/C=C\CC. The molecular formula is C34H50N2S. The zero-order valence-corrected chi connectivity index (χ0v) is 23.9. The highest BCUT2D eigenvalue weighted by Crippen LogP contribution is 2.15. The van der Waals surface area contributed by atoms with E-state index in [1.807, 2.05) is 18.3 Å². The van der Waals surface area contributed by atoms with Gasteiger partial charge in [0.05, 0.1) is 0 Å². The van der Waals surface area contributed by atoms with Crippen LogP contribution < -0.4 is 5.32 Å². The van der Waals surface area contributed by atoms with Crippen molar-refractivity contribution in [1.82, 2.24) is 10.3 Å². The van der Waals surface area contributed by atoms with Crippen LogP contribution in [0.15, 0.2) is 97.8 Å². The molecule has 0 aliphatic rings. The summed E-state index contributed by atoms with van der Waals surface area (Å²) in [4.78, 5) is 3.07. The maximum Gasteiger partial charge on any atom is 0.103 e. The van der Waals surface area contributed by atoms with E-state index in [-0.39, 0.29) is 0 Å². The fourth-order valence-electron chi connectivity index (χ4n) is 3.73. The van der Waals surface area contributed by atoms with Gasteiger partial charge in [0.15, 0.2) is 0 Å². The number of pyridine rings is 1. The van der Waals surface area contributed by atoms with Gasteiger partial charge in [0.2, 0.25) is 0 Å². The van der Waals surface area contributed by atoms with Crippen LogP contribution in [0.4, 0.5) is 0 Å². The molecular weight excluding hydrogens is 468 g/mol. The summed E-state index contributed by atoms with van der Waals surface area (Å²) in [5, 5.41) is 3.58. The highest BCUT2D eigenvalue weighted by molar-refractivity contribution is 7.71. The van der Waals surface area contributed by atoms with E-state index in [1.54, 1.807) is 0 Å². The van der Waals surface area contributed by atoms with Crippen LogP contribution in [0.2, 0.25) is 0 Å². The monoisotopic (exact) mass is 518 g/mol. The Kier molecular flexibility index (Phi) is 22.1. The zero-order chi connectivity index (χ0) is 26.7. The molecule has 1 heterocycles. The van der Waals surface area contributed by atoms with Crippen molar-refractivity contribution in [1.29, 1.82) is 0 Å². The summed E-state index contributed by atoms with van der Waals surface area (Å²) in [5.74, 6) is 0.550. The van der Waals surface area contributed by atoms with Gasteiger partial charge in [-0.05, 0) is 94.8 Å². The van der Waals surface area contributed by atoms with Crippen LogP contribution in [0, 0.1) is 10.6 Å². The second kappa shape index (κ2) is 25.2. The second-order valence-corrected chi connectivity index (χ2v) is 9.66. The van der Waals surface area contributed by atoms with E-state index in [0.717, 1.165) is 68.2 Å². The fraction of sp³-hybridized carbons (Fsp3) is 0.441. The predicted octanol–water partition coefficient (Wildman–Crippen LogP) is 10.2. The molecule has 0 fully saturated rings. The quantitative estimate of drug-likeness (QED) is 0.0907. The Morgan fingerprint density at radius 2 is 1.43 bits per heavy atom. The van der Waals surface area contributed by atoms with Crippen LogP contribution in [0.5, 0.6) is 0 Å². The first-order valence-corrected chi connectivity index (χ1v) is 14.6. The maximum atomic E-state index is 5.08. The number of H-pyrrole nitrogens is 1.